The average molecular weight is 281 g/mol. The molecule has 1 aliphatic carbocycles. The molecule has 112 valence electrons. The molecule has 1 nitrogen and oxygen atoms in total. The molecule has 3 rings (SSSR count). The van der Waals surface area contributed by atoms with Gasteiger partial charge in [0.1, 0.15) is 0 Å². The van der Waals surface area contributed by atoms with Gasteiger partial charge in [0.15, 0.2) is 0 Å². The zero-order valence-electron chi connectivity index (χ0n) is 13.1. The predicted octanol–water partition coefficient (Wildman–Crippen LogP) is 4.93. The van der Waals surface area contributed by atoms with Crippen molar-refractivity contribution < 1.29 is 0 Å². The lowest BCUT2D eigenvalue weighted by atomic mass is 9.66. The van der Waals surface area contributed by atoms with Crippen molar-refractivity contribution >= 4 is 10.8 Å². The number of fused-ring (bicyclic) bond motifs is 1. The van der Waals surface area contributed by atoms with Crippen LogP contribution in [0.25, 0.3) is 10.8 Å². The maximum Gasteiger partial charge on any atom is -0.00172 e. The van der Waals surface area contributed by atoms with Crippen LogP contribution in [0.1, 0.15) is 44.6 Å². The Morgan fingerprint density at radius 3 is 2.76 bits per heavy atom. The van der Waals surface area contributed by atoms with Crippen LogP contribution in [-0.2, 0) is 6.42 Å². The molecule has 2 aromatic carbocycles. The molecule has 1 aliphatic rings. The molecule has 2 N–H and O–H groups in total. The second-order valence-electron chi connectivity index (χ2n) is 6.89. The van der Waals surface area contributed by atoms with Gasteiger partial charge < -0.3 is 5.73 Å². The lowest BCUT2D eigenvalue weighted by molar-refractivity contribution is 0.143. The van der Waals surface area contributed by atoms with Crippen LogP contribution in [0.3, 0.4) is 0 Å². The molecular formula is C20H27N. The van der Waals surface area contributed by atoms with Gasteiger partial charge >= 0.3 is 0 Å². The Kier molecular flexibility index (Phi) is 4.30. The van der Waals surface area contributed by atoms with Crippen molar-refractivity contribution in [2.75, 3.05) is 6.54 Å². The third kappa shape index (κ3) is 2.98. The highest BCUT2D eigenvalue weighted by atomic mass is 14.6. The first kappa shape index (κ1) is 14.6. The van der Waals surface area contributed by atoms with Crippen molar-refractivity contribution in [2.24, 2.45) is 17.1 Å². The third-order valence-electron chi connectivity index (χ3n) is 5.50. The smallest absolute Gasteiger partial charge is 0.00172 e. The Bertz CT molecular complexity index is 598. The summed E-state index contributed by atoms with van der Waals surface area (Å²) in [5, 5.41) is 2.76. The largest absolute Gasteiger partial charge is 0.330 e. The summed E-state index contributed by atoms with van der Waals surface area (Å²) >= 11 is 0. The summed E-state index contributed by atoms with van der Waals surface area (Å²) in [5.74, 6) is 0.872. The van der Waals surface area contributed by atoms with Gasteiger partial charge in [0.2, 0.25) is 0 Å². The summed E-state index contributed by atoms with van der Waals surface area (Å²) in [6.45, 7) is 3.15. The Morgan fingerprint density at radius 2 is 1.95 bits per heavy atom. The van der Waals surface area contributed by atoms with Crippen molar-refractivity contribution in [1.82, 2.24) is 0 Å². The minimum absolute atomic E-state index is 0.322. The van der Waals surface area contributed by atoms with E-state index in [-0.39, 0.29) is 0 Å². The van der Waals surface area contributed by atoms with Crippen LogP contribution >= 0.6 is 0 Å². The van der Waals surface area contributed by atoms with Crippen LogP contribution in [0.15, 0.2) is 42.5 Å². The SMILES string of the molecule is CCC1CCCC(CN)(Cc2cccc3ccccc23)C1. The van der Waals surface area contributed by atoms with Gasteiger partial charge in [-0.15, -0.1) is 0 Å². The summed E-state index contributed by atoms with van der Waals surface area (Å²) in [4.78, 5) is 0. The van der Waals surface area contributed by atoms with Gasteiger partial charge in [-0.2, -0.15) is 0 Å². The van der Waals surface area contributed by atoms with Gasteiger partial charge in [0, 0.05) is 0 Å². The third-order valence-corrected chi connectivity index (χ3v) is 5.50. The van der Waals surface area contributed by atoms with Crippen LogP contribution in [0.5, 0.6) is 0 Å². The summed E-state index contributed by atoms with van der Waals surface area (Å²) in [7, 11) is 0. The zero-order valence-corrected chi connectivity index (χ0v) is 13.1. The van der Waals surface area contributed by atoms with Gasteiger partial charge in [-0.3, -0.25) is 0 Å². The van der Waals surface area contributed by atoms with Crippen LogP contribution in [-0.4, -0.2) is 6.54 Å². The highest BCUT2D eigenvalue weighted by Crippen LogP contribution is 2.43. The zero-order chi connectivity index (χ0) is 14.7. The van der Waals surface area contributed by atoms with Crippen molar-refractivity contribution in [1.29, 1.82) is 0 Å². The van der Waals surface area contributed by atoms with Gasteiger partial charge in [-0.05, 0) is 53.5 Å². The highest BCUT2D eigenvalue weighted by Gasteiger charge is 2.34. The minimum Gasteiger partial charge on any atom is -0.330 e. The van der Waals surface area contributed by atoms with E-state index < -0.39 is 0 Å². The van der Waals surface area contributed by atoms with E-state index in [0.717, 1.165) is 18.9 Å². The second kappa shape index (κ2) is 6.19. The molecule has 21 heavy (non-hydrogen) atoms. The summed E-state index contributed by atoms with van der Waals surface area (Å²) in [6.07, 6.45) is 7.79. The standard InChI is InChI=1S/C20H27N/c1-2-16-7-6-12-20(13-16,15-21)14-18-10-5-9-17-8-3-4-11-19(17)18/h3-5,8-11,16H,2,6-7,12-15,21H2,1H3. The van der Waals surface area contributed by atoms with Crippen molar-refractivity contribution in [3.63, 3.8) is 0 Å². The molecule has 0 heterocycles. The normalized spacial score (nSPS) is 26.1. The fourth-order valence-electron chi connectivity index (χ4n) is 4.20. The van der Waals surface area contributed by atoms with Crippen LogP contribution < -0.4 is 5.73 Å². The molecule has 1 heteroatoms. The monoisotopic (exact) mass is 281 g/mol. The Labute approximate surface area is 128 Å². The molecule has 0 amide bonds. The fraction of sp³-hybridized carbons (Fsp3) is 0.500. The summed E-state index contributed by atoms with van der Waals surface area (Å²) in [5.41, 5.74) is 8.05. The second-order valence-corrected chi connectivity index (χ2v) is 6.89. The van der Waals surface area contributed by atoms with Crippen LogP contribution in [0.4, 0.5) is 0 Å². The maximum absolute atomic E-state index is 6.25. The summed E-state index contributed by atoms with van der Waals surface area (Å²) in [6, 6.07) is 15.5. The lowest BCUT2D eigenvalue weighted by Gasteiger charge is -2.40. The first-order valence-corrected chi connectivity index (χ1v) is 8.43. The maximum atomic E-state index is 6.25. The molecule has 2 aromatic rings. The van der Waals surface area contributed by atoms with Crippen molar-refractivity contribution in [3.05, 3.63) is 48.0 Å². The number of nitrogens with two attached hydrogens (primary N) is 1. The van der Waals surface area contributed by atoms with E-state index in [9.17, 15) is 0 Å². The van der Waals surface area contributed by atoms with Crippen molar-refractivity contribution in [2.45, 2.75) is 45.4 Å². The molecule has 2 atom stereocenters. The van der Waals surface area contributed by atoms with E-state index in [1.165, 1.54) is 48.4 Å². The molecule has 0 aromatic heterocycles. The fourth-order valence-corrected chi connectivity index (χ4v) is 4.20. The van der Waals surface area contributed by atoms with Crippen molar-refractivity contribution in [3.8, 4) is 0 Å². The molecule has 1 fully saturated rings. The molecule has 0 bridgehead atoms. The van der Waals surface area contributed by atoms with Gasteiger partial charge in [-0.25, -0.2) is 0 Å². The van der Waals surface area contributed by atoms with E-state index in [1.54, 1.807) is 0 Å². The Morgan fingerprint density at radius 1 is 1.14 bits per heavy atom. The van der Waals surface area contributed by atoms with Gasteiger partial charge in [-0.1, -0.05) is 68.7 Å². The lowest BCUT2D eigenvalue weighted by Crippen LogP contribution is -2.37. The van der Waals surface area contributed by atoms with E-state index >= 15 is 0 Å². The molecule has 0 saturated heterocycles. The number of hydrogen-bond acceptors (Lipinski definition) is 1. The Hall–Kier alpha value is -1.34. The van der Waals surface area contributed by atoms with Crippen LogP contribution in [0, 0.1) is 11.3 Å². The Balaban J connectivity index is 1.92. The summed E-state index contributed by atoms with van der Waals surface area (Å²) < 4.78 is 0. The predicted molar refractivity (Wildman–Crippen MR) is 91.4 cm³/mol. The number of hydrogen-bond donors (Lipinski definition) is 1. The van der Waals surface area contributed by atoms with E-state index in [2.05, 4.69) is 49.4 Å². The molecule has 0 radical (unpaired) electrons. The average Bonchev–Trinajstić information content (AvgIpc) is 2.55. The molecular weight excluding hydrogens is 254 g/mol. The molecule has 2 unspecified atom stereocenters. The minimum atomic E-state index is 0.322. The van der Waals surface area contributed by atoms with E-state index in [1.807, 2.05) is 0 Å². The van der Waals surface area contributed by atoms with Gasteiger partial charge in [0.25, 0.3) is 0 Å². The highest BCUT2D eigenvalue weighted by molar-refractivity contribution is 5.85. The van der Waals surface area contributed by atoms with Crippen LogP contribution in [0.2, 0.25) is 0 Å². The molecule has 0 aliphatic heterocycles. The van der Waals surface area contributed by atoms with E-state index in [0.29, 0.717) is 5.41 Å². The molecule has 1 saturated carbocycles. The number of benzene rings is 2. The van der Waals surface area contributed by atoms with E-state index in [4.69, 9.17) is 5.73 Å². The first-order chi connectivity index (χ1) is 10.3. The first-order valence-electron chi connectivity index (χ1n) is 8.43. The number of rotatable bonds is 4. The molecule has 0 spiro atoms. The quantitative estimate of drug-likeness (QED) is 0.845. The topological polar surface area (TPSA) is 26.0 Å². The van der Waals surface area contributed by atoms with Gasteiger partial charge in [0.05, 0.1) is 0 Å².